The number of carbonyl (C=O) groups excluding carboxylic acids is 2. The molecule has 0 heterocycles. The fraction of sp³-hybridized carbons (Fsp3) is 0.222. The monoisotopic (exact) mass is 438 g/mol. The Morgan fingerprint density at radius 2 is 0.964 bits per heavy atom. The van der Waals surface area contributed by atoms with E-state index in [1.165, 1.54) is 24.3 Å². The number of carbonyl (C=O) groups is 2. The van der Waals surface area contributed by atoms with Gasteiger partial charge in [0.15, 0.2) is 0 Å². The number of carboxylic acids is 2. The second kappa shape index (κ2) is 15.9. The van der Waals surface area contributed by atoms with Gasteiger partial charge in [0.25, 0.3) is 0 Å². The summed E-state index contributed by atoms with van der Waals surface area (Å²) in [6, 6.07) is 10.4. The molecule has 8 nitrogen and oxygen atoms in total. The maximum absolute atomic E-state index is 10.3. The average Bonchev–Trinajstić information content (AvgIpc) is 2.59. The number of benzene rings is 2. The van der Waals surface area contributed by atoms with Crippen LogP contribution in [0, 0.1) is 0 Å². The number of phenolic OH excluding ortho intramolecular Hbond substituents is 2. The second-order valence-electron chi connectivity index (χ2n) is 5.59. The molecular weight excluding hydrogens is 418 g/mol. The zero-order valence-electron chi connectivity index (χ0n) is 15.9. The number of hydrogen-bond donors (Lipinski definition) is 4. The van der Waals surface area contributed by atoms with Crippen molar-refractivity contribution in [3.8, 4) is 11.5 Å². The van der Waals surface area contributed by atoms with Gasteiger partial charge in [-0.25, -0.2) is 0 Å². The van der Waals surface area contributed by atoms with Gasteiger partial charge in [0.05, 0.1) is 11.9 Å². The number of nitrogens with two attached hydrogens (primary N) is 2. The summed E-state index contributed by atoms with van der Waals surface area (Å²) in [5.74, 6) is -2.25. The Hall–Kier alpha value is 0.173. The topological polar surface area (TPSA) is 173 Å². The number of aliphatic carboxylic acids is 2. The summed E-state index contributed by atoms with van der Waals surface area (Å²) in [7, 11) is 0. The molecule has 0 aromatic heterocycles. The van der Waals surface area contributed by atoms with Gasteiger partial charge in [0, 0.05) is 12.1 Å². The summed E-state index contributed by atoms with van der Waals surface area (Å²) in [5.41, 5.74) is 12.0. The van der Waals surface area contributed by atoms with Crippen LogP contribution in [0.25, 0.3) is 0 Å². The van der Waals surface area contributed by atoms with Crippen molar-refractivity contribution in [2.75, 3.05) is 0 Å². The van der Waals surface area contributed by atoms with Crippen molar-refractivity contribution in [2.45, 2.75) is 24.9 Å². The van der Waals surface area contributed by atoms with Crippen molar-refractivity contribution < 1.29 is 133 Å². The molecule has 2 rings (SSSR count). The first-order valence-corrected chi connectivity index (χ1v) is 7.67. The number of hydrogen-bond acceptors (Lipinski definition) is 8. The first kappa shape index (κ1) is 30.4. The van der Waals surface area contributed by atoms with Gasteiger partial charge >= 0.3 is 103 Å². The van der Waals surface area contributed by atoms with Gasteiger partial charge < -0.3 is 41.5 Å². The summed E-state index contributed by atoms with van der Waals surface area (Å²) in [6.45, 7) is 0. The molecule has 0 bridgehead atoms. The third-order valence-electron chi connectivity index (χ3n) is 3.39. The van der Waals surface area contributed by atoms with Gasteiger partial charge in [-0.2, -0.15) is 0 Å². The molecular formula is C18H20K2N2O6. The van der Waals surface area contributed by atoms with Crippen LogP contribution >= 0.6 is 0 Å². The third kappa shape index (κ3) is 12.7. The SMILES string of the molecule is N[C@@H](Cc1ccc(O)cc1)C(=O)[O-].N[C@@H](Cc1ccc(O)cc1)C(=O)[O-].[K+].[K+]. The van der Waals surface area contributed by atoms with Crippen LogP contribution in [0.5, 0.6) is 11.5 Å². The number of carboxylic acid groups (broad SMARTS) is 2. The Bertz CT molecular complexity index is 662. The van der Waals surface area contributed by atoms with Crippen LogP contribution in [0.15, 0.2) is 48.5 Å². The van der Waals surface area contributed by atoms with Crippen molar-refractivity contribution in [1.82, 2.24) is 0 Å². The fourth-order valence-corrected chi connectivity index (χ4v) is 1.94. The largest absolute Gasteiger partial charge is 1.00 e. The molecule has 0 saturated heterocycles. The molecule has 10 heteroatoms. The molecule has 2 atom stereocenters. The summed E-state index contributed by atoms with van der Waals surface area (Å²) in [6.07, 6.45) is 0.422. The quantitative estimate of drug-likeness (QED) is 0.322. The van der Waals surface area contributed by atoms with Gasteiger partial charge in [-0.15, -0.1) is 0 Å². The predicted octanol–water partition coefficient (Wildman–Crippen LogP) is -7.97. The second-order valence-corrected chi connectivity index (χ2v) is 5.59. The van der Waals surface area contributed by atoms with E-state index in [0.29, 0.717) is 0 Å². The molecule has 0 aliphatic rings. The fourth-order valence-electron chi connectivity index (χ4n) is 1.94. The molecule has 6 N–H and O–H groups in total. The van der Waals surface area contributed by atoms with Crippen LogP contribution in [0.4, 0.5) is 0 Å². The zero-order valence-corrected chi connectivity index (χ0v) is 22.1. The molecule has 0 radical (unpaired) electrons. The summed E-state index contributed by atoms with van der Waals surface area (Å²) in [5, 5.41) is 38.5. The normalized spacial score (nSPS) is 11.5. The molecule has 0 aliphatic heterocycles. The summed E-state index contributed by atoms with van der Waals surface area (Å²) < 4.78 is 0. The molecule has 140 valence electrons. The van der Waals surface area contributed by atoms with E-state index in [2.05, 4.69) is 0 Å². The van der Waals surface area contributed by atoms with Crippen LogP contribution in [-0.2, 0) is 22.4 Å². The minimum absolute atomic E-state index is 0. The standard InChI is InChI=1S/2C9H11NO3.2K/c2*10-8(9(12)13)5-6-1-3-7(11)4-2-6;;/h2*1-4,8,11H,5,10H2,(H,12,13);;/q;;2*+1/p-2/t2*8-;;/m00../s1. The van der Waals surface area contributed by atoms with Crippen LogP contribution < -0.4 is 124 Å². The smallest absolute Gasteiger partial charge is 0.548 e. The van der Waals surface area contributed by atoms with Gasteiger partial charge in [0.2, 0.25) is 0 Å². The van der Waals surface area contributed by atoms with Crippen molar-refractivity contribution in [2.24, 2.45) is 11.5 Å². The average molecular weight is 439 g/mol. The molecule has 2 aromatic carbocycles. The molecule has 2 aromatic rings. The van der Waals surface area contributed by atoms with E-state index in [1.54, 1.807) is 24.3 Å². The first-order chi connectivity index (χ1) is 12.2. The molecule has 0 amide bonds. The minimum atomic E-state index is -1.27. The van der Waals surface area contributed by atoms with Crippen molar-refractivity contribution in [3.05, 3.63) is 59.7 Å². The third-order valence-corrected chi connectivity index (χ3v) is 3.39. The van der Waals surface area contributed by atoms with Crippen molar-refractivity contribution >= 4 is 11.9 Å². The van der Waals surface area contributed by atoms with E-state index < -0.39 is 24.0 Å². The van der Waals surface area contributed by atoms with Gasteiger partial charge in [-0.1, -0.05) is 24.3 Å². The van der Waals surface area contributed by atoms with E-state index in [0.717, 1.165) is 11.1 Å². The van der Waals surface area contributed by atoms with Crippen LogP contribution in [0.1, 0.15) is 11.1 Å². The zero-order chi connectivity index (χ0) is 19.7. The summed E-state index contributed by atoms with van der Waals surface area (Å²) in [4.78, 5) is 20.6. The van der Waals surface area contributed by atoms with Crippen molar-refractivity contribution in [1.29, 1.82) is 0 Å². The molecule has 0 spiro atoms. The van der Waals surface area contributed by atoms with Crippen LogP contribution in [0.2, 0.25) is 0 Å². The predicted molar refractivity (Wildman–Crippen MR) is 89.6 cm³/mol. The molecule has 28 heavy (non-hydrogen) atoms. The van der Waals surface area contributed by atoms with E-state index in [1.807, 2.05) is 0 Å². The Labute approximate surface area is 248 Å². The van der Waals surface area contributed by atoms with E-state index >= 15 is 0 Å². The van der Waals surface area contributed by atoms with E-state index in [4.69, 9.17) is 21.7 Å². The Kier molecular flexibility index (Phi) is 17.3. The Balaban J connectivity index is 0. The minimum Gasteiger partial charge on any atom is -0.548 e. The molecule has 0 saturated carbocycles. The maximum atomic E-state index is 10.3. The van der Waals surface area contributed by atoms with Crippen LogP contribution in [-0.4, -0.2) is 34.2 Å². The van der Waals surface area contributed by atoms with Gasteiger partial charge in [-0.05, 0) is 48.2 Å². The molecule has 0 fully saturated rings. The van der Waals surface area contributed by atoms with Crippen LogP contribution in [0.3, 0.4) is 0 Å². The number of rotatable bonds is 6. The Morgan fingerprint density at radius 1 is 0.714 bits per heavy atom. The first-order valence-electron chi connectivity index (χ1n) is 7.67. The van der Waals surface area contributed by atoms with Crippen molar-refractivity contribution in [3.63, 3.8) is 0 Å². The van der Waals surface area contributed by atoms with Gasteiger partial charge in [0.1, 0.15) is 11.5 Å². The number of aromatic hydroxyl groups is 2. The van der Waals surface area contributed by atoms with E-state index in [9.17, 15) is 19.8 Å². The molecule has 0 unspecified atom stereocenters. The van der Waals surface area contributed by atoms with E-state index in [-0.39, 0.29) is 127 Å². The van der Waals surface area contributed by atoms with Gasteiger partial charge in [-0.3, -0.25) is 0 Å². The summed E-state index contributed by atoms with van der Waals surface area (Å²) >= 11 is 0. The maximum Gasteiger partial charge on any atom is 1.00 e. The molecule has 0 aliphatic carbocycles. The Morgan fingerprint density at radius 3 is 1.18 bits per heavy atom. The number of phenols is 2.